The second-order valence-electron chi connectivity index (χ2n) is 8.12. The highest BCUT2D eigenvalue weighted by atomic mass is 16.3. The highest BCUT2D eigenvalue weighted by Crippen LogP contribution is 2.32. The topological polar surface area (TPSA) is 68.0 Å². The van der Waals surface area contributed by atoms with Gasteiger partial charge in [-0.25, -0.2) is 9.97 Å². The van der Waals surface area contributed by atoms with E-state index in [1.54, 1.807) is 0 Å². The van der Waals surface area contributed by atoms with Gasteiger partial charge < -0.3 is 9.73 Å². The lowest BCUT2D eigenvalue weighted by Gasteiger charge is -2.21. The van der Waals surface area contributed by atoms with Gasteiger partial charge in [-0.1, -0.05) is 36.4 Å². The van der Waals surface area contributed by atoms with Gasteiger partial charge in [0.1, 0.15) is 11.3 Å². The lowest BCUT2D eigenvalue weighted by atomic mass is 10.1. The van der Waals surface area contributed by atoms with E-state index in [-0.39, 0.29) is 11.4 Å². The molecule has 0 fully saturated rings. The first-order valence-corrected chi connectivity index (χ1v) is 9.33. The number of benzene rings is 2. The van der Waals surface area contributed by atoms with Gasteiger partial charge in [-0.2, -0.15) is 0 Å². The number of hydrogen-bond donors (Lipinski definition) is 1. The van der Waals surface area contributed by atoms with E-state index in [9.17, 15) is 4.79 Å². The van der Waals surface area contributed by atoms with E-state index >= 15 is 0 Å². The molecule has 5 nitrogen and oxygen atoms in total. The molecule has 2 aromatic carbocycles. The fraction of sp³-hybridized carbons (Fsp3) is 0.261. The van der Waals surface area contributed by atoms with Crippen molar-refractivity contribution in [1.29, 1.82) is 0 Å². The summed E-state index contributed by atoms with van der Waals surface area (Å²) < 4.78 is 6.05. The van der Waals surface area contributed by atoms with E-state index in [1.165, 1.54) is 0 Å². The summed E-state index contributed by atoms with van der Waals surface area (Å²) in [4.78, 5) is 22.4. The van der Waals surface area contributed by atoms with Crippen LogP contribution in [0.2, 0.25) is 0 Å². The number of aryl methyl sites for hydroxylation is 2. The number of amides is 1. The number of carbonyl (C=O) groups excluding carboxylic acids is 1. The average molecular weight is 373 g/mol. The molecule has 0 atom stereocenters. The van der Waals surface area contributed by atoms with Crippen molar-refractivity contribution in [2.75, 3.05) is 0 Å². The third-order valence-electron chi connectivity index (χ3n) is 4.68. The molecular formula is C23H23N3O2. The van der Waals surface area contributed by atoms with Crippen molar-refractivity contribution in [1.82, 2.24) is 15.3 Å². The molecule has 4 rings (SSSR count). The number of furan rings is 1. The summed E-state index contributed by atoms with van der Waals surface area (Å²) in [5, 5.41) is 4.76. The van der Waals surface area contributed by atoms with Crippen molar-refractivity contribution in [2.24, 2.45) is 0 Å². The van der Waals surface area contributed by atoms with Gasteiger partial charge in [0.2, 0.25) is 0 Å². The second kappa shape index (κ2) is 6.44. The van der Waals surface area contributed by atoms with E-state index in [2.05, 4.69) is 10.3 Å². The minimum atomic E-state index is -0.367. The molecule has 0 saturated heterocycles. The van der Waals surface area contributed by atoms with Crippen LogP contribution in [-0.2, 0) is 0 Å². The molecule has 0 unspecified atom stereocenters. The Kier molecular flexibility index (Phi) is 4.18. The summed E-state index contributed by atoms with van der Waals surface area (Å²) in [7, 11) is 0. The van der Waals surface area contributed by atoms with Crippen molar-refractivity contribution in [3.63, 3.8) is 0 Å². The molecule has 142 valence electrons. The van der Waals surface area contributed by atoms with Gasteiger partial charge in [-0.3, -0.25) is 4.79 Å². The third-order valence-corrected chi connectivity index (χ3v) is 4.68. The first kappa shape index (κ1) is 18.2. The summed E-state index contributed by atoms with van der Waals surface area (Å²) in [5.74, 6) is 0.797. The highest BCUT2D eigenvalue weighted by molar-refractivity contribution is 6.05. The Balaban J connectivity index is 1.98. The Morgan fingerprint density at radius 1 is 0.964 bits per heavy atom. The Labute approximate surface area is 163 Å². The first-order chi connectivity index (χ1) is 13.2. The smallest absolute Gasteiger partial charge is 0.271 e. The largest absolute Gasteiger partial charge is 0.452 e. The number of rotatable bonds is 2. The third kappa shape index (κ3) is 3.13. The van der Waals surface area contributed by atoms with Gasteiger partial charge in [0, 0.05) is 21.9 Å². The molecule has 1 amide bonds. The standard InChI is InChI=1S/C23H23N3O2/c1-13-9-8-11-16-18(13)24-21(25-19(16)22(27)26-23(3,4)5)20-14(2)15-10-6-7-12-17(15)28-20/h6-12H,1-5H3,(H,26,27). The minimum absolute atomic E-state index is 0.222. The van der Waals surface area contributed by atoms with Crippen LogP contribution in [0, 0.1) is 13.8 Å². The number of nitrogens with one attached hydrogen (secondary N) is 1. The van der Waals surface area contributed by atoms with Crippen LogP contribution in [0.3, 0.4) is 0 Å². The highest BCUT2D eigenvalue weighted by Gasteiger charge is 2.23. The SMILES string of the molecule is Cc1c(-c2nc(C(=O)NC(C)(C)C)c3cccc(C)c3n2)oc2ccccc12. The van der Waals surface area contributed by atoms with Gasteiger partial charge in [0.25, 0.3) is 5.91 Å². The summed E-state index contributed by atoms with van der Waals surface area (Å²) in [6, 6.07) is 13.6. The summed E-state index contributed by atoms with van der Waals surface area (Å²) in [5.41, 5.74) is 3.48. The van der Waals surface area contributed by atoms with Crippen LogP contribution in [0.5, 0.6) is 0 Å². The van der Waals surface area contributed by atoms with Crippen molar-refractivity contribution in [3.05, 3.63) is 59.3 Å². The van der Waals surface area contributed by atoms with Gasteiger partial charge in [-0.15, -0.1) is 0 Å². The fourth-order valence-corrected chi connectivity index (χ4v) is 3.36. The maximum atomic E-state index is 13.0. The molecule has 0 saturated carbocycles. The number of hydrogen-bond acceptors (Lipinski definition) is 4. The predicted octanol–water partition coefficient (Wildman–Crippen LogP) is 5.19. The van der Waals surface area contributed by atoms with Crippen molar-refractivity contribution in [2.45, 2.75) is 40.2 Å². The normalized spacial score (nSPS) is 11.9. The molecule has 0 spiro atoms. The molecule has 0 aliphatic heterocycles. The number of nitrogens with zero attached hydrogens (tertiary/aromatic N) is 2. The molecule has 2 heterocycles. The average Bonchev–Trinajstić information content (AvgIpc) is 2.97. The van der Waals surface area contributed by atoms with Gasteiger partial charge in [-0.05, 0) is 46.2 Å². The quantitative estimate of drug-likeness (QED) is 0.525. The van der Waals surface area contributed by atoms with E-state index in [4.69, 9.17) is 9.40 Å². The molecule has 0 radical (unpaired) electrons. The first-order valence-electron chi connectivity index (χ1n) is 9.33. The Morgan fingerprint density at radius 3 is 2.39 bits per heavy atom. The van der Waals surface area contributed by atoms with Crippen molar-refractivity contribution >= 4 is 27.8 Å². The zero-order valence-corrected chi connectivity index (χ0v) is 16.8. The predicted molar refractivity (Wildman–Crippen MR) is 111 cm³/mol. The maximum Gasteiger partial charge on any atom is 0.271 e. The molecule has 0 bridgehead atoms. The van der Waals surface area contributed by atoms with Crippen LogP contribution in [0.4, 0.5) is 0 Å². The zero-order valence-electron chi connectivity index (χ0n) is 16.8. The number of aromatic nitrogens is 2. The lowest BCUT2D eigenvalue weighted by molar-refractivity contribution is 0.0916. The Morgan fingerprint density at radius 2 is 1.68 bits per heavy atom. The van der Waals surface area contributed by atoms with Gasteiger partial charge in [0.15, 0.2) is 11.6 Å². The minimum Gasteiger partial charge on any atom is -0.452 e. The zero-order chi connectivity index (χ0) is 20.1. The molecule has 4 aromatic rings. The van der Waals surface area contributed by atoms with E-state index in [0.717, 1.165) is 33.0 Å². The van der Waals surface area contributed by atoms with E-state index in [1.807, 2.05) is 77.1 Å². The summed E-state index contributed by atoms with van der Waals surface area (Å²) in [6.45, 7) is 9.81. The Hall–Kier alpha value is -3.21. The van der Waals surface area contributed by atoms with Gasteiger partial charge in [0.05, 0.1) is 5.52 Å². The number of fused-ring (bicyclic) bond motifs is 2. The van der Waals surface area contributed by atoms with Crippen LogP contribution in [-0.4, -0.2) is 21.4 Å². The molecule has 1 N–H and O–H groups in total. The van der Waals surface area contributed by atoms with Crippen molar-refractivity contribution in [3.8, 4) is 11.6 Å². The second-order valence-corrected chi connectivity index (χ2v) is 8.12. The Bertz CT molecular complexity index is 1220. The fourth-order valence-electron chi connectivity index (χ4n) is 3.36. The maximum absolute atomic E-state index is 13.0. The van der Waals surface area contributed by atoms with Crippen LogP contribution in [0.1, 0.15) is 42.4 Å². The van der Waals surface area contributed by atoms with Crippen molar-refractivity contribution < 1.29 is 9.21 Å². The van der Waals surface area contributed by atoms with Crippen LogP contribution >= 0.6 is 0 Å². The molecule has 0 aliphatic carbocycles. The van der Waals surface area contributed by atoms with Crippen LogP contribution in [0.25, 0.3) is 33.5 Å². The van der Waals surface area contributed by atoms with Crippen LogP contribution < -0.4 is 5.32 Å². The molecule has 5 heteroatoms. The van der Waals surface area contributed by atoms with E-state index < -0.39 is 0 Å². The summed E-state index contributed by atoms with van der Waals surface area (Å²) in [6.07, 6.45) is 0. The lowest BCUT2D eigenvalue weighted by Crippen LogP contribution is -2.41. The summed E-state index contributed by atoms with van der Waals surface area (Å²) >= 11 is 0. The van der Waals surface area contributed by atoms with E-state index in [0.29, 0.717) is 17.3 Å². The number of carbonyl (C=O) groups is 1. The van der Waals surface area contributed by atoms with Gasteiger partial charge >= 0.3 is 0 Å². The monoisotopic (exact) mass is 373 g/mol. The number of para-hydroxylation sites is 2. The molecule has 2 aromatic heterocycles. The van der Waals surface area contributed by atoms with Crippen LogP contribution in [0.15, 0.2) is 46.9 Å². The molecular weight excluding hydrogens is 350 g/mol. The molecule has 0 aliphatic rings. The molecule has 28 heavy (non-hydrogen) atoms.